The second-order valence-corrected chi connectivity index (χ2v) is 10.9. The van der Waals surface area contributed by atoms with Crippen LogP contribution in [-0.2, 0) is 17.6 Å². The van der Waals surface area contributed by atoms with E-state index in [0.29, 0.717) is 5.69 Å². The molecule has 1 atom stereocenters. The van der Waals surface area contributed by atoms with Gasteiger partial charge in [0.05, 0.1) is 12.0 Å². The summed E-state index contributed by atoms with van der Waals surface area (Å²) in [6, 6.07) is 37.9. The number of nitrogens with zero attached hydrogens (tertiary/aromatic N) is 2. The van der Waals surface area contributed by atoms with Crippen molar-refractivity contribution in [3.63, 3.8) is 0 Å². The lowest BCUT2D eigenvalue weighted by Crippen LogP contribution is -2.37. The molecule has 0 saturated heterocycles. The van der Waals surface area contributed by atoms with Crippen LogP contribution in [0.4, 0.5) is 0 Å². The number of aryl methyl sites for hydroxylation is 1. The fourth-order valence-electron chi connectivity index (χ4n) is 5.65. The Morgan fingerprint density at radius 2 is 1.32 bits per heavy atom. The van der Waals surface area contributed by atoms with Crippen LogP contribution in [0.5, 0.6) is 0 Å². The minimum absolute atomic E-state index is 0.638. The normalized spacial score (nSPS) is 15.1. The van der Waals surface area contributed by atoms with E-state index in [9.17, 15) is 5.11 Å². The van der Waals surface area contributed by atoms with Crippen LogP contribution in [0.2, 0.25) is 0 Å². The SMILES string of the molecule is CC(O)(c1cn(C(c2ccccc2)(c2ccccc2)c2ccccc2)cn1)c1cccc2c1SCCC2. The number of rotatable bonds is 6. The number of thioether (sulfide) groups is 1. The lowest BCUT2D eigenvalue weighted by molar-refractivity contribution is 0.0946. The summed E-state index contributed by atoms with van der Waals surface area (Å²) in [5.74, 6) is 1.08. The average molecular weight is 503 g/mol. The maximum absolute atomic E-state index is 12.0. The number of hydrogen-bond acceptors (Lipinski definition) is 3. The van der Waals surface area contributed by atoms with Crippen LogP contribution in [0.25, 0.3) is 0 Å². The molecule has 1 aliphatic heterocycles. The molecule has 3 nitrogen and oxygen atoms in total. The van der Waals surface area contributed by atoms with Crippen LogP contribution in [0.1, 0.15) is 46.9 Å². The van der Waals surface area contributed by atoms with Crippen LogP contribution in [0.3, 0.4) is 0 Å². The summed E-state index contributed by atoms with van der Waals surface area (Å²) in [6.07, 6.45) is 6.13. The molecule has 0 bridgehead atoms. The highest BCUT2D eigenvalue weighted by Gasteiger charge is 2.40. The molecule has 1 aromatic heterocycles. The molecule has 0 spiro atoms. The van der Waals surface area contributed by atoms with Crippen molar-refractivity contribution in [3.8, 4) is 0 Å². The van der Waals surface area contributed by atoms with Gasteiger partial charge in [-0.25, -0.2) is 4.98 Å². The summed E-state index contributed by atoms with van der Waals surface area (Å²) in [5.41, 5.74) is 4.40. The van der Waals surface area contributed by atoms with Crippen LogP contribution < -0.4 is 0 Å². The molecule has 0 radical (unpaired) electrons. The second kappa shape index (κ2) is 9.70. The van der Waals surface area contributed by atoms with Crippen LogP contribution >= 0.6 is 11.8 Å². The largest absolute Gasteiger partial charge is 0.379 e. The highest BCUT2D eigenvalue weighted by Crippen LogP contribution is 2.43. The molecular formula is C33H30N2OS. The molecule has 6 rings (SSSR count). The fourth-order valence-corrected chi connectivity index (χ4v) is 6.92. The van der Waals surface area contributed by atoms with Crippen molar-refractivity contribution in [1.29, 1.82) is 0 Å². The van der Waals surface area contributed by atoms with E-state index < -0.39 is 11.1 Å². The molecule has 5 aromatic rings. The number of benzene rings is 4. The van der Waals surface area contributed by atoms with Gasteiger partial charge in [0.25, 0.3) is 0 Å². The third kappa shape index (κ3) is 4.01. The Morgan fingerprint density at radius 3 is 1.89 bits per heavy atom. The van der Waals surface area contributed by atoms with Crippen molar-refractivity contribution in [2.45, 2.75) is 35.8 Å². The molecule has 0 amide bonds. The Balaban J connectivity index is 1.57. The molecule has 0 saturated carbocycles. The van der Waals surface area contributed by atoms with E-state index in [0.717, 1.165) is 34.4 Å². The van der Waals surface area contributed by atoms with Crippen molar-refractivity contribution < 1.29 is 5.11 Å². The standard InChI is InChI=1S/C33H30N2OS/c1-32(36,29-21-11-13-25-14-12-22-37-31(25)29)30-23-35(24-34-30)33(26-15-5-2-6-16-26,27-17-7-3-8-18-27)28-19-9-4-10-20-28/h2-11,13,15-21,23-24,36H,12,14,22H2,1H3. The minimum Gasteiger partial charge on any atom is -0.379 e. The zero-order valence-corrected chi connectivity index (χ0v) is 21.7. The van der Waals surface area contributed by atoms with Gasteiger partial charge in [0.2, 0.25) is 0 Å². The lowest BCUT2D eigenvalue weighted by Gasteiger charge is -2.37. The van der Waals surface area contributed by atoms with Crippen LogP contribution in [0, 0.1) is 0 Å². The maximum atomic E-state index is 12.0. The predicted molar refractivity (Wildman–Crippen MR) is 151 cm³/mol. The van der Waals surface area contributed by atoms with Gasteiger partial charge in [-0.1, -0.05) is 109 Å². The van der Waals surface area contributed by atoms with Gasteiger partial charge in [-0.3, -0.25) is 0 Å². The van der Waals surface area contributed by atoms with Crippen LogP contribution in [-0.4, -0.2) is 20.4 Å². The number of fused-ring (bicyclic) bond motifs is 1. The summed E-state index contributed by atoms with van der Waals surface area (Å²) >= 11 is 1.85. The summed E-state index contributed by atoms with van der Waals surface area (Å²) in [4.78, 5) is 6.06. The summed E-state index contributed by atoms with van der Waals surface area (Å²) in [7, 11) is 0. The molecule has 184 valence electrons. The maximum Gasteiger partial charge on any atom is 0.131 e. The van der Waals surface area contributed by atoms with E-state index in [1.54, 1.807) is 0 Å². The first-order chi connectivity index (χ1) is 18.1. The van der Waals surface area contributed by atoms with Crippen molar-refractivity contribution in [2.75, 3.05) is 5.75 Å². The Labute approximate surface area is 222 Å². The molecule has 4 heteroatoms. The van der Waals surface area contributed by atoms with E-state index in [-0.39, 0.29) is 0 Å². The number of aliphatic hydroxyl groups is 1. The highest BCUT2D eigenvalue weighted by molar-refractivity contribution is 7.99. The molecular weight excluding hydrogens is 472 g/mol. The van der Waals surface area contributed by atoms with Crippen LogP contribution in [0.15, 0.2) is 127 Å². The van der Waals surface area contributed by atoms with Gasteiger partial charge < -0.3 is 9.67 Å². The van der Waals surface area contributed by atoms with Gasteiger partial charge in [0.15, 0.2) is 0 Å². The van der Waals surface area contributed by atoms with E-state index in [4.69, 9.17) is 4.98 Å². The second-order valence-electron chi connectivity index (χ2n) is 9.79. The van der Waals surface area contributed by atoms with Crippen molar-refractivity contribution in [1.82, 2.24) is 9.55 Å². The summed E-state index contributed by atoms with van der Waals surface area (Å²) in [6.45, 7) is 1.87. The summed E-state index contributed by atoms with van der Waals surface area (Å²) in [5, 5.41) is 12.0. The number of hydrogen-bond donors (Lipinski definition) is 1. The zero-order valence-electron chi connectivity index (χ0n) is 20.9. The third-order valence-corrected chi connectivity index (χ3v) is 8.76. The zero-order chi connectivity index (χ0) is 25.3. The Hall–Kier alpha value is -3.60. The van der Waals surface area contributed by atoms with Crippen molar-refractivity contribution >= 4 is 11.8 Å². The minimum atomic E-state index is -1.23. The number of imidazole rings is 1. The van der Waals surface area contributed by atoms with E-state index in [1.807, 2.05) is 49.4 Å². The molecule has 1 unspecified atom stereocenters. The van der Waals surface area contributed by atoms with Gasteiger partial charge in [-0.05, 0) is 47.8 Å². The predicted octanol–water partition coefficient (Wildman–Crippen LogP) is 7.02. The summed E-state index contributed by atoms with van der Waals surface area (Å²) < 4.78 is 2.17. The molecule has 2 heterocycles. The third-order valence-electron chi connectivity index (χ3n) is 7.50. The topological polar surface area (TPSA) is 38.0 Å². The quantitative estimate of drug-likeness (QED) is 0.254. The van der Waals surface area contributed by atoms with Gasteiger partial charge in [0, 0.05) is 16.7 Å². The molecule has 1 aliphatic rings. The molecule has 0 aliphatic carbocycles. The first kappa shape index (κ1) is 23.8. The van der Waals surface area contributed by atoms with Gasteiger partial charge in [-0.15, -0.1) is 11.8 Å². The lowest BCUT2D eigenvalue weighted by atomic mass is 9.76. The Kier molecular flexibility index (Phi) is 6.23. The molecule has 1 N–H and O–H groups in total. The van der Waals surface area contributed by atoms with Gasteiger partial charge >= 0.3 is 0 Å². The van der Waals surface area contributed by atoms with Crippen molar-refractivity contribution in [3.05, 3.63) is 155 Å². The monoisotopic (exact) mass is 502 g/mol. The molecule has 0 fully saturated rings. The first-order valence-electron chi connectivity index (χ1n) is 12.8. The highest BCUT2D eigenvalue weighted by atomic mass is 32.2. The smallest absolute Gasteiger partial charge is 0.131 e. The Morgan fingerprint density at radius 1 is 0.757 bits per heavy atom. The average Bonchev–Trinajstić information content (AvgIpc) is 3.47. The van der Waals surface area contributed by atoms with Gasteiger partial charge in [0.1, 0.15) is 11.1 Å². The molecule has 4 aromatic carbocycles. The first-order valence-corrected chi connectivity index (χ1v) is 13.8. The van der Waals surface area contributed by atoms with Crippen molar-refractivity contribution in [2.24, 2.45) is 0 Å². The van der Waals surface area contributed by atoms with E-state index in [2.05, 4.69) is 95.6 Å². The number of aromatic nitrogens is 2. The van der Waals surface area contributed by atoms with Gasteiger partial charge in [-0.2, -0.15) is 0 Å². The van der Waals surface area contributed by atoms with E-state index in [1.165, 1.54) is 16.9 Å². The Bertz CT molecular complexity index is 1400. The van der Waals surface area contributed by atoms with E-state index >= 15 is 0 Å². The fraction of sp³-hybridized carbons (Fsp3) is 0.182. The molecule has 37 heavy (non-hydrogen) atoms.